The molecule has 2 heteroatoms. The maximum Gasteiger partial charge on any atom is 0.0346 e. The molecule has 2 rings (SSSR count). The van der Waals surface area contributed by atoms with Gasteiger partial charge in [0.25, 0.3) is 0 Å². The van der Waals surface area contributed by atoms with E-state index in [1.165, 1.54) is 36.8 Å². The van der Waals surface area contributed by atoms with Crippen LogP contribution in [0.15, 0.2) is 18.2 Å². The molecule has 0 aliphatic heterocycles. The highest BCUT2D eigenvalue weighted by molar-refractivity contribution is 5.49. The Bertz CT molecular complexity index is 427. The number of nitrogen functional groups attached to an aromatic ring is 1. The largest absolute Gasteiger partial charge is 0.399 e. The first-order valence-corrected chi connectivity index (χ1v) is 7.43. The molecule has 0 aromatic heterocycles. The Morgan fingerprint density at radius 1 is 1.26 bits per heavy atom. The van der Waals surface area contributed by atoms with Gasteiger partial charge < -0.3 is 5.73 Å². The van der Waals surface area contributed by atoms with Crippen LogP contribution in [0.25, 0.3) is 0 Å². The van der Waals surface area contributed by atoms with E-state index in [1.54, 1.807) is 0 Å². The zero-order chi connectivity index (χ0) is 14.0. The molecule has 1 aliphatic carbocycles. The number of hydrogen-bond acceptors (Lipinski definition) is 2. The fourth-order valence-corrected chi connectivity index (χ4v) is 3.10. The third kappa shape index (κ3) is 3.50. The smallest absolute Gasteiger partial charge is 0.0346 e. The van der Waals surface area contributed by atoms with Crippen LogP contribution in [-0.2, 0) is 6.54 Å². The Morgan fingerprint density at radius 3 is 2.53 bits per heavy atom. The van der Waals surface area contributed by atoms with Crippen LogP contribution in [0.2, 0.25) is 0 Å². The summed E-state index contributed by atoms with van der Waals surface area (Å²) in [7, 11) is 2.26. The lowest BCUT2D eigenvalue weighted by Crippen LogP contribution is -2.36. The topological polar surface area (TPSA) is 29.3 Å². The van der Waals surface area contributed by atoms with Crippen LogP contribution in [0.3, 0.4) is 0 Å². The minimum absolute atomic E-state index is 0.546. The quantitative estimate of drug-likeness (QED) is 0.833. The van der Waals surface area contributed by atoms with Crippen molar-refractivity contribution in [3.8, 4) is 0 Å². The van der Waals surface area contributed by atoms with Gasteiger partial charge in [-0.3, -0.25) is 4.90 Å². The lowest BCUT2D eigenvalue weighted by atomic mass is 9.75. The minimum atomic E-state index is 0.546. The van der Waals surface area contributed by atoms with Gasteiger partial charge in [0.2, 0.25) is 0 Å². The van der Waals surface area contributed by atoms with Crippen molar-refractivity contribution in [3.63, 3.8) is 0 Å². The third-order valence-electron chi connectivity index (χ3n) is 4.84. The monoisotopic (exact) mass is 260 g/mol. The summed E-state index contributed by atoms with van der Waals surface area (Å²) in [6, 6.07) is 6.99. The average Bonchev–Trinajstić information content (AvgIpc) is 2.35. The van der Waals surface area contributed by atoms with Crippen molar-refractivity contribution in [1.29, 1.82) is 0 Å². The molecule has 1 aromatic carbocycles. The summed E-state index contributed by atoms with van der Waals surface area (Å²) in [5, 5.41) is 0. The summed E-state index contributed by atoms with van der Waals surface area (Å²) >= 11 is 0. The summed E-state index contributed by atoms with van der Waals surface area (Å²) in [6.45, 7) is 7.93. The van der Waals surface area contributed by atoms with Crippen LogP contribution in [0.4, 0.5) is 5.69 Å². The van der Waals surface area contributed by atoms with E-state index in [9.17, 15) is 0 Å². The average molecular weight is 260 g/mol. The molecule has 1 aromatic rings. The normalized spacial score (nSPS) is 19.8. The standard InChI is InChI=1S/C17H28N2/c1-13-14(6-5-7-16(13)18)12-19(4)15-8-10-17(2,3)11-9-15/h5-7,15H,8-12,18H2,1-4H3. The molecule has 1 aliphatic rings. The predicted octanol–water partition coefficient (Wildman–Crippen LogP) is 3.98. The number of anilines is 1. The molecule has 106 valence electrons. The number of benzene rings is 1. The lowest BCUT2D eigenvalue weighted by Gasteiger charge is -2.38. The van der Waals surface area contributed by atoms with Crippen molar-refractivity contribution in [2.75, 3.05) is 12.8 Å². The molecule has 0 amide bonds. The molecule has 1 fully saturated rings. The molecule has 0 spiro atoms. The summed E-state index contributed by atoms with van der Waals surface area (Å²) in [4.78, 5) is 2.51. The highest BCUT2D eigenvalue weighted by Crippen LogP contribution is 2.37. The van der Waals surface area contributed by atoms with Crippen molar-refractivity contribution in [2.24, 2.45) is 5.41 Å². The predicted molar refractivity (Wildman–Crippen MR) is 83.1 cm³/mol. The fraction of sp³-hybridized carbons (Fsp3) is 0.647. The Labute approximate surface area is 118 Å². The second-order valence-electron chi connectivity index (χ2n) is 6.94. The van der Waals surface area contributed by atoms with Gasteiger partial charge in [-0.25, -0.2) is 0 Å². The van der Waals surface area contributed by atoms with Crippen molar-refractivity contribution in [3.05, 3.63) is 29.3 Å². The summed E-state index contributed by atoms with van der Waals surface area (Å²) in [5.41, 5.74) is 10.1. The fourth-order valence-electron chi connectivity index (χ4n) is 3.10. The molecule has 2 N–H and O–H groups in total. The van der Waals surface area contributed by atoms with E-state index in [0.29, 0.717) is 5.41 Å². The first-order valence-electron chi connectivity index (χ1n) is 7.43. The van der Waals surface area contributed by atoms with Crippen molar-refractivity contribution < 1.29 is 0 Å². The maximum absolute atomic E-state index is 5.99. The van der Waals surface area contributed by atoms with Crippen LogP contribution in [0.5, 0.6) is 0 Å². The van der Waals surface area contributed by atoms with Crippen LogP contribution in [-0.4, -0.2) is 18.0 Å². The van der Waals surface area contributed by atoms with Crippen molar-refractivity contribution in [2.45, 2.75) is 59.0 Å². The van der Waals surface area contributed by atoms with Crippen molar-refractivity contribution in [1.82, 2.24) is 4.90 Å². The van der Waals surface area contributed by atoms with E-state index in [0.717, 1.165) is 18.3 Å². The van der Waals surface area contributed by atoms with Gasteiger partial charge in [0, 0.05) is 18.3 Å². The summed E-state index contributed by atoms with van der Waals surface area (Å²) in [6.07, 6.45) is 5.34. The highest BCUT2D eigenvalue weighted by Gasteiger charge is 2.28. The Balaban J connectivity index is 1.98. The van der Waals surface area contributed by atoms with Gasteiger partial charge in [-0.1, -0.05) is 26.0 Å². The Hall–Kier alpha value is -1.02. The Kier molecular flexibility index (Phi) is 4.19. The van der Waals surface area contributed by atoms with E-state index in [2.05, 4.69) is 44.9 Å². The second kappa shape index (κ2) is 5.54. The molecular weight excluding hydrogens is 232 g/mol. The number of nitrogens with two attached hydrogens (primary N) is 1. The van der Waals surface area contributed by atoms with E-state index >= 15 is 0 Å². The van der Waals surface area contributed by atoms with Gasteiger partial charge in [-0.2, -0.15) is 0 Å². The molecule has 2 nitrogen and oxygen atoms in total. The highest BCUT2D eigenvalue weighted by atomic mass is 15.1. The molecule has 0 heterocycles. The van der Waals surface area contributed by atoms with E-state index in [4.69, 9.17) is 5.73 Å². The van der Waals surface area contributed by atoms with Crippen LogP contribution in [0, 0.1) is 12.3 Å². The molecule has 0 atom stereocenters. The minimum Gasteiger partial charge on any atom is -0.399 e. The van der Waals surface area contributed by atoms with E-state index in [-0.39, 0.29) is 0 Å². The van der Waals surface area contributed by atoms with Gasteiger partial charge in [0.1, 0.15) is 0 Å². The molecule has 0 radical (unpaired) electrons. The first kappa shape index (κ1) is 14.4. The molecule has 1 saturated carbocycles. The second-order valence-corrected chi connectivity index (χ2v) is 6.94. The van der Waals surface area contributed by atoms with Gasteiger partial charge in [-0.05, 0) is 62.3 Å². The van der Waals surface area contributed by atoms with Crippen LogP contribution < -0.4 is 5.73 Å². The van der Waals surface area contributed by atoms with E-state index < -0.39 is 0 Å². The van der Waals surface area contributed by atoms with Crippen LogP contribution in [0.1, 0.15) is 50.7 Å². The summed E-state index contributed by atoms with van der Waals surface area (Å²) in [5.74, 6) is 0. The maximum atomic E-state index is 5.99. The summed E-state index contributed by atoms with van der Waals surface area (Å²) < 4.78 is 0. The third-order valence-corrected chi connectivity index (χ3v) is 4.84. The number of hydrogen-bond donors (Lipinski definition) is 1. The number of nitrogens with zero attached hydrogens (tertiary/aromatic N) is 1. The number of rotatable bonds is 3. The van der Waals surface area contributed by atoms with Crippen LogP contribution >= 0.6 is 0 Å². The zero-order valence-electron chi connectivity index (χ0n) is 12.9. The SMILES string of the molecule is Cc1c(N)cccc1CN(C)C1CCC(C)(C)CC1. The molecule has 19 heavy (non-hydrogen) atoms. The van der Waals surface area contributed by atoms with E-state index in [1.807, 2.05) is 6.07 Å². The Morgan fingerprint density at radius 2 is 1.89 bits per heavy atom. The lowest BCUT2D eigenvalue weighted by molar-refractivity contribution is 0.123. The first-order chi connectivity index (χ1) is 8.89. The molecule has 0 unspecified atom stereocenters. The van der Waals surface area contributed by atoms with Gasteiger partial charge in [-0.15, -0.1) is 0 Å². The molecular formula is C17H28N2. The van der Waals surface area contributed by atoms with Gasteiger partial charge in [0.05, 0.1) is 0 Å². The molecule has 0 bridgehead atoms. The van der Waals surface area contributed by atoms with Gasteiger partial charge >= 0.3 is 0 Å². The van der Waals surface area contributed by atoms with Gasteiger partial charge in [0.15, 0.2) is 0 Å². The zero-order valence-corrected chi connectivity index (χ0v) is 12.9. The molecule has 0 saturated heterocycles. The van der Waals surface area contributed by atoms with Crippen molar-refractivity contribution >= 4 is 5.69 Å².